The van der Waals surface area contributed by atoms with Gasteiger partial charge in [0, 0.05) is 64.9 Å². The highest BCUT2D eigenvalue weighted by Gasteiger charge is 2.55. The van der Waals surface area contributed by atoms with Crippen molar-refractivity contribution in [2.75, 3.05) is 81.5 Å². The molecule has 4 N–H and O–H groups in total. The minimum atomic E-state index is -3.73. The summed E-state index contributed by atoms with van der Waals surface area (Å²) in [6.45, 7) is 3.85. The number of morpholine rings is 1. The van der Waals surface area contributed by atoms with Crippen molar-refractivity contribution in [1.82, 2.24) is 24.8 Å². The first-order valence-corrected chi connectivity index (χ1v) is 34.2. The number of alkyl halides is 4. The van der Waals surface area contributed by atoms with E-state index in [4.69, 9.17) is 24.2 Å². The fourth-order valence-electron chi connectivity index (χ4n) is 13.4. The molecule has 0 bridgehead atoms. The number of halogens is 4. The molecule has 11 aromatic rings. The van der Waals surface area contributed by atoms with Crippen LogP contribution >= 0.6 is 0 Å². The van der Waals surface area contributed by atoms with Crippen LogP contribution in [0.1, 0.15) is 71.3 Å². The molecular formula is C80H77F4N9O12. The molecule has 3 saturated carbocycles. The zero-order valence-corrected chi connectivity index (χ0v) is 57.1. The summed E-state index contributed by atoms with van der Waals surface area (Å²) in [6, 6.07) is 55.7. The molecule has 542 valence electrons. The van der Waals surface area contributed by atoms with Gasteiger partial charge in [-0.3, -0.25) is 19.2 Å². The maximum atomic E-state index is 13.6. The molecule has 0 unspecified atom stereocenters. The number of rotatable bonds is 17. The van der Waals surface area contributed by atoms with Crippen LogP contribution in [-0.4, -0.2) is 122 Å². The standard InChI is InChI=1S/C31H27F2N3O5.C25H17F2N3O4.C24H25N3O3.4H2/c1-36(2)14-15-39-28(37)21-8-5-7-20(16-21)27-23-9-4-3-6-19(23)17-26(34-27)35-29(38)30(12-13-30)22-10-11-24-25(18-22)41-31(32,33)40-24;26-25(27)33-18-7-6-16(12-19(18)34-25)24(9-10-24)23(32)30-20-11-14-3-1-2-4-17(14)22(29-20)15-5-8-21(31)28-13-15;1-29-19-8-6-18(7-9-19)24(10-11-24)23(28)26-21-16-17-4-2-3-5-20(17)22(25-21)27-12-14-30-15-13-27;;;;/h3-11,16-18H,12-15H2,1-2H3,(H,34,35,38);1-8,11-13H,9-10H2,(H,28,31)(H,29,30,32);2-9,16H,10-15H2,1H3,(H,25,26,28);4*1H. The molecule has 17 rings (SSSR count). The number of benzene rings is 7. The highest BCUT2D eigenvalue weighted by molar-refractivity contribution is 6.06. The van der Waals surface area contributed by atoms with Crippen molar-refractivity contribution < 1.29 is 75.6 Å². The van der Waals surface area contributed by atoms with E-state index in [1.54, 1.807) is 61.8 Å². The van der Waals surface area contributed by atoms with Crippen LogP contribution in [0.15, 0.2) is 199 Å². The summed E-state index contributed by atoms with van der Waals surface area (Å²) in [5, 5.41) is 14.5. The average molecular weight is 1430 g/mol. The van der Waals surface area contributed by atoms with Crippen LogP contribution in [-0.2, 0) is 40.1 Å². The van der Waals surface area contributed by atoms with Gasteiger partial charge in [0.05, 0.1) is 53.5 Å². The number of hydrogen-bond acceptors (Lipinski definition) is 17. The zero-order valence-electron chi connectivity index (χ0n) is 57.1. The highest BCUT2D eigenvalue weighted by Crippen LogP contribution is 2.55. The second kappa shape index (κ2) is 27.7. The van der Waals surface area contributed by atoms with Gasteiger partial charge in [-0.25, -0.2) is 19.7 Å². The van der Waals surface area contributed by atoms with E-state index in [0.717, 1.165) is 75.4 Å². The Balaban J connectivity index is 0.000000161. The first-order valence-electron chi connectivity index (χ1n) is 34.2. The van der Waals surface area contributed by atoms with E-state index in [2.05, 4.69) is 61.9 Å². The lowest BCUT2D eigenvalue weighted by atomic mass is 9.94. The van der Waals surface area contributed by atoms with E-state index in [1.165, 1.54) is 30.3 Å². The SMILES string of the molecule is CN(C)CCOC(=O)c1cccc(-c2nc(NC(=O)C3(c4ccc5c(c4)OC(F)(F)O5)CC3)cc3ccccc23)c1.COc1ccc(C2(C(=O)Nc3cc4ccccc4c(N4CCOCC4)n3)CC2)cc1.O=C(Nc1cc2ccccc2c(-c2ccc(=O)[nH]c2)n1)C1(c2ccc3c(c2)OC(F)(F)O3)CC1.[HH].[HH].[HH].[HH]. The Bertz CT molecular complexity index is 5300. The molecule has 4 fully saturated rings. The Labute approximate surface area is 604 Å². The van der Waals surface area contributed by atoms with Gasteiger partial charge in [0.1, 0.15) is 35.6 Å². The zero-order chi connectivity index (χ0) is 72.8. The summed E-state index contributed by atoms with van der Waals surface area (Å²) in [5.74, 6) is 1.65. The predicted molar refractivity (Wildman–Crippen MR) is 394 cm³/mol. The highest BCUT2D eigenvalue weighted by atomic mass is 19.3. The van der Waals surface area contributed by atoms with Gasteiger partial charge in [0.25, 0.3) is 0 Å². The average Bonchev–Trinajstić information content (AvgIpc) is 1.59. The summed E-state index contributed by atoms with van der Waals surface area (Å²) in [5.41, 5.74) is 2.71. The van der Waals surface area contributed by atoms with Crippen LogP contribution in [0.3, 0.4) is 0 Å². The number of ether oxygens (including phenoxy) is 7. The third-order valence-electron chi connectivity index (χ3n) is 19.5. The first-order chi connectivity index (χ1) is 50.7. The molecule has 1 saturated heterocycles. The van der Waals surface area contributed by atoms with Crippen LogP contribution < -0.4 is 50.1 Å². The molecule has 3 aliphatic carbocycles. The van der Waals surface area contributed by atoms with E-state index in [-0.39, 0.29) is 58.6 Å². The number of amides is 3. The van der Waals surface area contributed by atoms with Crippen LogP contribution in [0.25, 0.3) is 54.8 Å². The lowest BCUT2D eigenvalue weighted by Crippen LogP contribution is -2.37. The largest absolute Gasteiger partial charge is 0.586 e. The molecule has 0 atom stereocenters. The topological polar surface area (TPSA) is 247 Å². The van der Waals surface area contributed by atoms with Gasteiger partial charge in [-0.15, -0.1) is 17.6 Å². The number of nitrogens with zero attached hydrogens (tertiary/aromatic N) is 5. The van der Waals surface area contributed by atoms with Crippen LogP contribution in [0, 0.1) is 0 Å². The van der Waals surface area contributed by atoms with Crippen LogP contribution in [0.4, 0.5) is 40.8 Å². The summed E-state index contributed by atoms with van der Waals surface area (Å²) >= 11 is 0. The molecule has 0 spiro atoms. The third kappa shape index (κ3) is 14.3. The Kier molecular flexibility index (Phi) is 18.1. The van der Waals surface area contributed by atoms with Gasteiger partial charge in [0.15, 0.2) is 23.0 Å². The Hall–Kier alpha value is -12.0. The number of fused-ring (bicyclic) bond motifs is 5. The van der Waals surface area contributed by atoms with E-state index < -0.39 is 34.8 Å². The summed E-state index contributed by atoms with van der Waals surface area (Å²) in [4.78, 5) is 85.4. The minimum Gasteiger partial charge on any atom is -0.497 e. The number of hydrogen-bond donors (Lipinski definition) is 4. The van der Waals surface area contributed by atoms with Gasteiger partial charge in [0.2, 0.25) is 23.3 Å². The molecule has 25 heteroatoms. The Morgan fingerprint density at radius 2 is 0.990 bits per heavy atom. The number of pyridine rings is 4. The number of aromatic nitrogens is 4. The molecule has 105 heavy (non-hydrogen) atoms. The fourth-order valence-corrected chi connectivity index (χ4v) is 13.4. The number of aromatic amines is 1. The number of H-pyrrole nitrogens is 1. The van der Waals surface area contributed by atoms with Gasteiger partial charge in [-0.1, -0.05) is 109 Å². The van der Waals surface area contributed by atoms with Crippen molar-refractivity contribution in [3.63, 3.8) is 0 Å². The molecule has 7 heterocycles. The monoisotopic (exact) mass is 1430 g/mol. The van der Waals surface area contributed by atoms with E-state index in [9.17, 15) is 41.5 Å². The van der Waals surface area contributed by atoms with Gasteiger partial charge < -0.3 is 63.9 Å². The molecule has 3 aliphatic heterocycles. The summed E-state index contributed by atoms with van der Waals surface area (Å²) < 4.78 is 88.1. The van der Waals surface area contributed by atoms with Gasteiger partial charge >= 0.3 is 18.6 Å². The molecule has 0 radical (unpaired) electrons. The van der Waals surface area contributed by atoms with Gasteiger partial charge in [-0.2, -0.15) is 0 Å². The first kappa shape index (κ1) is 68.8. The molecule has 21 nitrogen and oxygen atoms in total. The molecule has 7 aromatic carbocycles. The number of nitrogens with one attached hydrogen (secondary N) is 4. The summed E-state index contributed by atoms with van der Waals surface area (Å²) in [7, 11) is 5.45. The van der Waals surface area contributed by atoms with Gasteiger partial charge in [-0.05, 0) is 158 Å². The smallest absolute Gasteiger partial charge is 0.497 e. The maximum absolute atomic E-state index is 13.6. The number of carbonyl (C=O) groups excluding carboxylic acids is 4. The van der Waals surface area contributed by atoms with Crippen molar-refractivity contribution in [2.24, 2.45) is 0 Å². The molecule has 4 aromatic heterocycles. The second-order valence-corrected chi connectivity index (χ2v) is 26.8. The lowest BCUT2D eigenvalue weighted by molar-refractivity contribution is -0.287. The molecular weight excluding hydrogens is 1350 g/mol. The maximum Gasteiger partial charge on any atom is 0.586 e. The van der Waals surface area contributed by atoms with E-state index >= 15 is 0 Å². The van der Waals surface area contributed by atoms with E-state index in [1.807, 2.05) is 116 Å². The Morgan fingerprint density at radius 1 is 0.524 bits per heavy atom. The van der Waals surface area contributed by atoms with Crippen molar-refractivity contribution >= 4 is 79.3 Å². The molecule has 3 amide bonds. The van der Waals surface area contributed by atoms with Crippen LogP contribution in [0.5, 0.6) is 28.7 Å². The number of esters is 1. The number of methoxy groups -OCH3 is 1. The van der Waals surface area contributed by atoms with Crippen molar-refractivity contribution in [3.05, 3.63) is 227 Å². The molecule has 6 aliphatic rings. The van der Waals surface area contributed by atoms with Crippen molar-refractivity contribution in [3.8, 4) is 51.3 Å². The lowest BCUT2D eigenvalue weighted by Gasteiger charge is -2.29. The number of anilines is 4. The quantitative estimate of drug-likeness (QED) is 0.0489. The van der Waals surface area contributed by atoms with Crippen molar-refractivity contribution in [2.45, 2.75) is 67.4 Å². The predicted octanol–water partition coefficient (Wildman–Crippen LogP) is 14.9. The number of likely N-dealkylation sites (N-methyl/N-ethyl adjacent to an activating group) is 1. The second-order valence-electron chi connectivity index (χ2n) is 26.8. The van der Waals surface area contributed by atoms with E-state index in [0.29, 0.717) is 102 Å². The fraction of sp³-hybridized carbons (Fsp3) is 0.250. The minimum absolute atomic E-state index is 0. The number of carbonyl (C=O) groups is 4. The Morgan fingerprint density at radius 3 is 1.49 bits per heavy atom. The van der Waals surface area contributed by atoms with Crippen molar-refractivity contribution in [1.29, 1.82) is 0 Å². The van der Waals surface area contributed by atoms with Crippen LogP contribution in [0.2, 0.25) is 0 Å². The normalized spacial score (nSPS) is 16.7. The summed E-state index contributed by atoms with van der Waals surface area (Å²) in [6.07, 6.45) is -1.96. The third-order valence-corrected chi connectivity index (χ3v) is 19.5.